The maximum atomic E-state index is 11.8. The third-order valence-electron chi connectivity index (χ3n) is 3.03. The predicted octanol–water partition coefficient (Wildman–Crippen LogP) is 0.303. The van der Waals surface area contributed by atoms with Gasteiger partial charge < -0.3 is 10.4 Å². The van der Waals surface area contributed by atoms with E-state index in [4.69, 9.17) is 11.6 Å². The molecular weight excluding hydrogens is 292 g/mol. The molecule has 1 aromatic carbocycles. The molecule has 1 aliphatic rings. The smallest absolute Gasteiger partial charge is 0.241 e. The van der Waals surface area contributed by atoms with Gasteiger partial charge in [0.2, 0.25) is 15.9 Å². The average Bonchev–Trinajstić information content (AvgIpc) is 2.70. The van der Waals surface area contributed by atoms with Crippen molar-refractivity contribution in [2.45, 2.75) is 23.5 Å². The van der Waals surface area contributed by atoms with Crippen molar-refractivity contribution in [2.24, 2.45) is 0 Å². The van der Waals surface area contributed by atoms with Crippen LogP contribution in [0.4, 0.5) is 0 Å². The first-order chi connectivity index (χ1) is 8.78. The van der Waals surface area contributed by atoms with Gasteiger partial charge >= 0.3 is 0 Å². The first kappa shape index (κ1) is 14.3. The van der Waals surface area contributed by atoms with Gasteiger partial charge in [0, 0.05) is 18.4 Å². The van der Waals surface area contributed by atoms with Crippen LogP contribution in [0.5, 0.6) is 0 Å². The SMILES string of the molecule is CNS(=O)(=O)c1cc(C2(O)CCC(=O)N2)ccc1Cl. The van der Waals surface area contributed by atoms with Crippen LogP contribution in [0.3, 0.4) is 0 Å². The Morgan fingerprint density at radius 2 is 2.16 bits per heavy atom. The van der Waals surface area contributed by atoms with Gasteiger partial charge in [-0.1, -0.05) is 17.7 Å². The lowest BCUT2D eigenvalue weighted by molar-refractivity contribution is -0.122. The molecule has 6 nitrogen and oxygen atoms in total. The zero-order chi connectivity index (χ0) is 14.3. The summed E-state index contributed by atoms with van der Waals surface area (Å²) >= 11 is 5.85. The van der Waals surface area contributed by atoms with E-state index >= 15 is 0 Å². The number of rotatable bonds is 3. The number of hydrogen-bond acceptors (Lipinski definition) is 4. The number of halogens is 1. The molecule has 0 aliphatic carbocycles. The zero-order valence-electron chi connectivity index (χ0n) is 10.1. The van der Waals surface area contributed by atoms with Crippen LogP contribution in [-0.4, -0.2) is 26.5 Å². The Hall–Kier alpha value is -1.15. The summed E-state index contributed by atoms with van der Waals surface area (Å²) in [6.07, 6.45) is 0.375. The number of sulfonamides is 1. The summed E-state index contributed by atoms with van der Waals surface area (Å²) in [6, 6.07) is 4.13. The van der Waals surface area contributed by atoms with Crippen molar-refractivity contribution in [1.82, 2.24) is 10.0 Å². The van der Waals surface area contributed by atoms with Crippen LogP contribution >= 0.6 is 11.6 Å². The lowest BCUT2D eigenvalue weighted by atomic mass is 10.0. The summed E-state index contributed by atoms with van der Waals surface area (Å²) in [4.78, 5) is 11.1. The summed E-state index contributed by atoms with van der Waals surface area (Å²) < 4.78 is 25.7. The fourth-order valence-corrected chi connectivity index (χ4v) is 3.19. The molecule has 0 aromatic heterocycles. The molecule has 1 aromatic rings. The predicted molar refractivity (Wildman–Crippen MR) is 69.0 cm³/mol. The molecule has 1 heterocycles. The summed E-state index contributed by atoms with van der Waals surface area (Å²) in [5.41, 5.74) is -1.25. The van der Waals surface area contributed by atoms with Crippen LogP contribution in [0.25, 0.3) is 0 Å². The number of benzene rings is 1. The fourth-order valence-electron chi connectivity index (χ4n) is 1.94. The Morgan fingerprint density at radius 3 is 2.68 bits per heavy atom. The van der Waals surface area contributed by atoms with Gasteiger partial charge in [0.25, 0.3) is 0 Å². The molecule has 3 N–H and O–H groups in total. The van der Waals surface area contributed by atoms with Crippen molar-refractivity contribution in [3.05, 3.63) is 28.8 Å². The third-order valence-corrected chi connectivity index (χ3v) is 4.92. The normalized spacial score (nSPS) is 23.4. The molecule has 8 heteroatoms. The van der Waals surface area contributed by atoms with E-state index in [1.165, 1.54) is 25.2 Å². The van der Waals surface area contributed by atoms with Crippen LogP contribution in [0, 0.1) is 0 Å². The van der Waals surface area contributed by atoms with Crippen molar-refractivity contribution in [3.8, 4) is 0 Å². The lowest BCUT2D eigenvalue weighted by Gasteiger charge is -2.23. The van der Waals surface area contributed by atoms with E-state index in [1.807, 2.05) is 0 Å². The minimum absolute atomic E-state index is 0.0472. The maximum Gasteiger partial charge on any atom is 0.241 e. The highest BCUT2D eigenvalue weighted by molar-refractivity contribution is 7.89. The van der Waals surface area contributed by atoms with E-state index in [1.54, 1.807) is 0 Å². The Bertz CT molecular complexity index is 632. The molecule has 1 saturated heterocycles. The molecule has 0 saturated carbocycles. The van der Waals surface area contributed by atoms with Crippen LogP contribution < -0.4 is 10.0 Å². The highest BCUT2D eigenvalue weighted by Gasteiger charge is 2.38. The Kier molecular flexibility index (Phi) is 3.57. The van der Waals surface area contributed by atoms with Gasteiger partial charge in [-0.3, -0.25) is 4.79 Å². The Balaban J connectivity index is 2.51. The zero-order valence-corrected chi connectivity index (χ0v) is 11.7. The molecule has 19 heavy (non-hydrogen) atoms. The number of amides is 1. The molecule has 1 amide bonds. The van der Waals surface area contributed by atoms with Crippen molar-refractivity contribution in [2.75, 3.05) is 7.05 Å². The highest BCUT2D eigenvalue weighted by atomic mass is 35.5. The van der Waals surface area contributed by atoms with Gasteiger partial charge in [-0.2, -0.15) is 0 Å². The summed E-state index contributed by atoms with van der Waals surface area (Å²) in [5.74, 6) is -0.282. The van der Waals surface area contributed by atoms with Crippen LogP contribution in [0.1, 0.15) is 18.4 Å². The molecular formula is C11H13ClN2O4S. The maximum absolute atomic E-state index is 11.8. The van der Waals surface area contributed by atoms with Gasteiger partial charge in [-0.15, -0.1) is 0 Å². The Labute approximate surface area is 115 Å². The van der Waals surface area contributed by atoms with Crippen molar-refractivity contribution < 1.29 is 18.3 Å². The van der Waals surface area contributed by atoms with Gasteiger partial charge in [0.15, 0.2) is 5.72 Å². The molecule has 2 rings (SSSR count). The van der Waals surface area contributed by atoms with Gasteiger partial charge in [0.05, 0.1) is 5.02 Å². The lowest BCUT2D eigenvalue weighted by Crippen LogP contribution is -2.38. The van der Waals surface area contributed by atoms with E-state index in [9.17, 15) is 18.3 Å². The quantitative estimate of drug-likeness (QED) is 0.748. The third kappa shape index (κ3) is 2.59. The summed E-state index contributed by atoms with van der Waals surface area (Å²) in [7, 11) is -2.46. The fraction of sp³-hybridized carbons (Fsp3) is 0.364. The van der Waals surface area contributed by atoms with Gasteiger partial charge in [-0.05, 0) is 19.2 Å². The Morgan fingerprint density at radius 1 is 1.47 bits per heavy atom. The van der Waals surface area contributed by atoms with Gasteiger partial charge in [0.1, 0.15) is 4.90 Å². The number of aliphatic hydroxyl groups is 1. The number of carbonyl (C=O) groups excluding carboxylic acids is 1. The summed E-state index contributed by atoms with van der Waals surface area (Å²) in [5, 5.41) is 12.8. The molecule has 1 fully saturated rings. The number of hydrogen-bond donors (Lipinski definition) is 3. The van der Waals surface area contributed by atoms with Crippen molar-refractivity contribution in [3.63, 3.8) is 0 Å². The van der Waals surface area contributed by atoms with E-state index < -0.39 is 15.7 Å². The van der Waals surface area contributed by atoms with Crippen molar-refractivity contribution in [1.29, 1.82) is 0 Å². The monoisotopic (exact) mass is 304 g/mol. The minimum Gasteiger partial charge on any atom is -0.367 e. The number of carbonyl (C=O) groups is 1. The average molecular weight is 305 g/mol. The largest absolute Gasteiger partial charge is 0.367 e. The van der Waals surface area contributed by atoms with Crippen LogP contribution in [0.2, 0.25) is 5.02 Å². The standard InChI is InChI=1S/C11H13ClN2O4S/c1-13-19(17,18)9-6-7(2-3-8(9)12)11(16)5-4-10(15)14-11/h2-3,6,13,16H,4-5H2,1H3,(H,14,15). The van der Waals surface area contributed by atoms with E-state index in [0.717, 1.165) is 0 Å². The molecule has 1 atom stereocenters. The first-order valence-corrected chi connectivity index (χ1v) is 7.41. The number of nitrogens with one attached hydrogen (secondary N) is 2. The molecule has 1 unspecified atom stereocenters. The van der Waals surface area contributed by atoms with E-state index in [-0.39, 0.29) is 34.2 Å². The molecule has 0 radical (unpaired) electrons. The van der Waals surface area contributed by atoms with E-state index in [2.05, 4.69) is 10.0 Å². The summed E-state index contributed by atoms with van der Waals surface area (Å²) in [6.45, 7) is 0. The molecule has 0 bridgehead atoms. The van der Waals surface area contributed by atoms with Gasteiger partial charge in [-0.25, -0.2) is 13.1 Å². The first-order valence-electron chi connectivity index (χ1n) is 5.55. The minimum atomic E-state index is -3.73. The second-order valence-electron chi connectivity index (χ2n) is 4.26. The van der Waals surface area contributed by atoms with E-state index in [0.29, 0.717) is 0 Å². The molecule has 104 valence electrons. The topological polar surface area (TPSA) is 95.5 Å². The van der Waals surface area contributed by atoms with Crippen LogP contribution in [0.15, 0.2) is 23.1 Å². The highest BCUT2D eigenvalue weighted by Crippen LogP contribution is 2.32. The second-order valence-corrected chi connectivity index (χ2v) is 6.52. The van der Waals surface area contributed by atoms with Crippen LogP contribution in [-0.2, 0) is 20.5 Å². The molecule has 0 spiro atoms. The molecule has 1 aliphatic heterocycles. The second kappa shape index (κ2) is 4.75. The van der Waals surface area contributed by atoms with Crippen molar-refractivity contribution >= 4 is 27.5 Å².